The third kappa shape index (κ3) is 5.37. The molecule has 7 nitrogen and oxygen atoms in total. The summed E-state index contributed by atoms with van der Waals surface area (Å²) in [5, 5.41) is 6.81. The Bertz CT molecular complexity index is 962. The summed E-state index contributed by atoms with van der Waals surface area (Å²) in [6.07, 6.45) is 3.57. The Morgan fingerprint density at radius 2 is 1.93 bits per heavy atom. The van der Waals surface area contributed by atoms with Crippen LogP contribution in [0.1, 0.15) is 37.4 Å². The number of nitrogens with one attached hydrogen (secondary N) is 1. The molecular weight excluding hydrogens is 378 g/mol. The first-order chi connectivity index (χ1) is 13.5. The monoisotopic (exact) mass is 397 g/mol. The molecule has 1 amide bonds. The number of hydrogen-bond acceptors (Lipinski definition) is 6. The summed E-state index contributed by atoms with van der Waals surface area (Å²) in [6, 6.07) is 12.3. The maximum absolute atomic E-state index is 12.2. The third-order valence-electron chi connectivity index (χ3n) is 3.88. The van der Waals surface area contributed by atoms with Crippen LogP contribution >= 0.6 is 11.3 Å². The van der Waals surface area contributed by atoms with Gasteiger partial charge in [0.2, 0.25) is 11.7 Å². The number of ether oxygens (including phenoxy) is 1. The molecule has 3 aromatic rings. The minimum atomic E-state index is -0.547. The fourth-order valence-corrected chi connectivity index (χ4v) is 3.32. The van der Waals surface area contributed by atoms with Crippen molar-refractivity contribution in [3.05, 3.63) is 75.7 Å². The SMILES string of the molecule is CC(=O)NCc1ccc(C(=O)COC(=O)c2ccc(Cn3cccn3)cc2)s1. The molecule has 0 atom stereocenters. The summed E-state index contributed by atoms with van der Waals surface area (Å²) < 4.78 is 6.91. The van der Waals surface area contributed by atoms with Crippen LogP contribution in [0.2, 0.25) is 0 Å². The van der Waals surface area contributed by atoms with Gasteiger partial charge in [0.05, 0.1) is 23.5 Å². The van der Waals surface area contributed by atoms with E-state index in [-0.39, 0.29) is 18.3 Å². The van der Waals surface area contributed by atoms with Crippen molar-refractivity contribution in [3.8, 4) is 0 Å². The van der Waals surface area contributed by atoms with Crippen molar-refractivity contribution >= 4 is 29.0 Å². The van der Waals surface area contributed by atoms with E-state index in [2.05, 4.69) is 10.4 Å². The minimum absolute atomic E-state index is 0.133. The van der Waals surface area contributed by atoms with Crippen molar-refractivity contribution in [1.82, 2.24) is 15.1 Å². The minimum Gasteiger partial charge on any atom is -0.454 e. The number of aromatic nitrogens is 2. The van der Waals surface area contributed by atoms with Crippen LogP contribution in [0.3, 0.4) is 0 Å². The van der Waals surface area contributed by atoms with Crippen molar-refractivity contribution in [3.63, 3.8) is 0 Å². The highest BCUT2D eigenvalue weighted by molar-refractivity contribution is 7.14. The van der Waals surface area contributed by atoms with Gasteiger partial charge < -0.3 is 10.1 Å². The lowest BCUT2D eigenvalue weighted by atomic mass is 10.1. The van der Waals surface area contributed by atoms with Crippen molar-refractivity contribution in [2.45, 2.75) is 20.0 Å². The molecule has 1 N–H and O–H groups in total. The molecule has 0 saturated heterocycles. The maximum Gasteiger partial charge on any atom is 0.338 e. The molecular formula is C20H19N3O4S. The summed E-state index contributed by atoms with van der Waals surface area (Å²) >= 11 is 1.27. The summed E-state index contributed by atoms with van der Waals surface area (Å²) in [6.45, 7) is 2.09. The topological polar surface area (TPSA) is 90.3 Å². The quantitative estimate of drug-likeness (QED) is 0.466. The van der Waals surface area contributed by atoms with Crippen LogP contribution < -0.4 is 5.32 Å². The van der Waals surface area contributed by atoms with Crippen molar-refractivity contribution in [2.24, 2.45) is 0 Å². The van der Waals surface area contributed by atoms with Gasteiger partial charge in [-0.2, -0.15) is 5.10 Å². The smallest absolute Gasteiger partial charge is 0.338 e. The van der Waals surface area contributed by atoms with E-state index in [0.717, 1.165) is 10.4 Å². The molecule has 0 unspecified atom stereocenters. The Morgan fingerprint density at radius 3 is 2.61 bits per heavy atom. The second-order valence-corrected chi connectivity index (χ2v) is 7.24. The first-order valence-electron chi connectivity index (χ1n) is 8.61. The molecule has 0 spiro atoms. The largest absolute Gasteiger partial charge is 0.454 e. The Balaban J connectivity index is 1.50. The van der Waals surface area contributed by atoms with Gasteiger partial charge in [0.25, 0.3) is 0 Å². The van der Waals surface area contributed by atoms with Crippen LogP contribution in [0.5, 0.6) is 0 Å². The Hall–Kier alpha value is -3.26. The number of amides is 1. The summed E-state index contributed by atoms with van der Waals surface area (Å²) in [5.41, 5.74) is 1.39. The first kappa shape index (κ1) is 19.5. The second kappa shape index (κ2) is 9.09. The zero-order valence-electron chi connectivity index (χ0n) is 15.3. The van der Waals surface area contributed by atoms with Gasteiger partial charge in [-0.25, -0.2) is 4.79 Å². The number of ketones is 1. The average molecular weight is 397 g/mol. The highest BCUT2D eigenvalue weighted by Gasteiger charge is 2.14. The summed E-state index contributed by atoms with van der Waals surface area (Å²) in [4.78, 5) is 36.6. The van der Waals surface area contributed by atoms with E-state index in [1.54, 1.807) is 35.1 Å². The number of benzene rings is 1. The molecule has 144 valence electrons. The van der Waals surface area contributed by atoms with Crippen molar-refractivity contribution < 1.29 is 19.1 Å². The molecule has 0 aliphatic heterocycles. The number of Topliss-reactive ketones (excluding diaryl/α,β-unsaturated/α-hetero) is 1. The van der Waals surface area contributed by atoms with E-state index in [1.807, 2.05) is 24.4 Å². The van der Waals surface area contributed by atoms with Gasteiger partial charge in [-0.1, -0.05) is 12.1 Å². The Morgan fingerprint density at radius 1 is 1.14 bits per heavy atom. The van der Waals surface area contributed by atoms with E-state index < -0.39 is 5.97 Å². The third-order valence-corrected chi connectivity index (χ3v) is 5.00. The van der Waals surface area contributed by atoms with E-state index in [0.29, 0.717) is 23.5 Å². The van der Waals surface area contributed by atoms with E-state index >= 15 is 0 Å². The first-order valence-corrected chi connectivity index (χ1v) is 9.43. The molecule has 2 heterocycles. The predicted octanol–water partition coefficient (Wildman–Crippen LogP) is 2.67. The lowest BCUT2D eigenvalue weighted by Crippen LogP contribution is -2.18. The van der Waals surface area contributed by atoms with Crippen molar-refractivity contribution in [1.29, 1.82) is 0 Å². The van der Waals surface area contributed by atoms with E-state index in [9.17, 15) is 14.4 Å². The van der Waals surface area contributed by atoms with Crippen LogP contribution in [0.4, 0.5) is 0 Å². The molecule has 1 aromatic carbocycles. The molecule has 0 radical (unpaired) electrons. The normalized spacial score (nSPS) is 10.5. The number of thiophene rings is 1. The second-order valence-electron chi connectivity index (χ2n) is 6.08. The number of carbonyl (C=O) groups is 3. The molecule has 0 fully saturated rings. The Kier molecular flexibility index (Phi) is 6.33. The van der Waals surface area contributed by atoms with Crippen molar-refractivity contribution in [2.75, 3.05) is 6.61 Å². The van der Waals surface area contributed by atoms with E-state index in [1.165, 1.54) is 18.3 Å². The maximum atomic E-state index is 12.2. The fourth-order valence-electron chi connectivity index (χ4n) is 2.45. The molecule has 28 heavy (non-hydrogen) atoms. The molecule has 0 bridgehead atoms. The highest BCUT2D eigenvalue weighted by atomic mass is 32.1. The zero-order valence-corrected chi connectivity index (χ0v) is 16.1. The standard InChI is InChI=1S/C20H19N3O4S/c1-14(24)21-11-17-7-8-19(28-17)18(25)13-27-20(26)16-5-3-15(4-6-16)12-23-10-2-9-22-23/h2-10H,11-13H2,1H3,(H,21,24). The van der Waals surface area contributed by atoms with Gasteiger partial charge >= 0.3 is 5.97 Å². The average Bonchev–Trinajstić information content (AvgIpc) is 3.37. The molecule has 0 aliphatic rings. The van der Waals surface area contributed by atoms with Crippen LogP contribution in [-0.4, -0.2) is 34.0 Å². The number of esters is 1. The number of rotatable bonds is 8. The van der Waals surface area contributed by atoms with Crippen LogP contribution in [0.25, 0.3) is 0 Å². The van der Waals surface area contributed by atoms with Gasteiger partial charge in [-0.15, -0.1) is 11.3 Å². The molecule has 0 saturated carbocycles. The molecule has 3 rings (SSSR count). The van der Waals surface area contributed by atoms with Crippen LogP contribution in [0, 0.1) is 0 Å². The summed E-state index contributed by atoms with van der Waals surface area (Å²) in [5.74, 6) is -0.956. The van der Waals surface area contributed by atoms with E-state index in [4.69, 9.17) is 4.74 Å². The van der Waals surface area contributed by atoms with Gasteiger partial charge in [-0.3, -0.25) is 14.3 Å². The van der Waals surface area contributed by atoms with Gasteiger partial charge in [0.15, 0.2) is 6.61 Å². The van der Waals surface area contributed by atoms with Gasteiger partial charge in [0.1, 0.15) is 0 Å². The predicted molar refractivity (Wildman–Crippen MR) is 104 cm³/mol. The highest BCUT2D eigenvalue weighted by Crippen LogP contribution is 2.17. The molecule has 2 aromatic heterocycles. The number of hydrogen-bond donors (Lipinski definition) is 1. The number of nitrogens with zero attached hydrogens (tertiary/aromatic N) is 2. The molecule has 8 heteroatoms. The van der Waals surface area contributed by atoms with Gasteiger partial charge in [0, 0.05) is 24.2 Å². The number of carbonyl (C=O) groups excluding carboxylic acids is 3. The lowest BCUT2D eigenvalue weighted by molar-refractivity contribution is -0.119. The van der Waals surface area contributed by atoms with Crippen LogP contribution in [-0.2, 0) is 22.6 Å². The molecule has 0 aliphatic carbocycles. The van der Waals surface area contributed by atoms with Gasteiger partial charge in [-0.05, 0) is 35.9 Å². The Labute approximate surface area is 165 Å². The lowest BCUT2D eigenvalue weighted by Gasteiger charge is -2.05. The zero-order chi connectivity index (χ0) is 19.9. The summed E-state index contributed by atoms with van der Waals surface area (Å²) in [7, 11) is 0. The van der Waals surface area contributed by atoms with Crippen LogP contribution in [0.15, 0.2) is 54.9 Å². The fraction of sp³-hybridized carbons (Fsp3) is 0.200.